The Bertz CT molecular complexity index is 1380. The largest absolute Gasteiger partial charge is 0.496 e. The van der Waals surface area contributed by atoms with E-state index >= 15 is 0 Å². The quantitative estimate of drug-likeness (QED) is 0.349. The van der Waals surface area contributed by atoms with Gasteiger partial charge in [0.05, 0.1) is 12.8 Å². The standard InChI is InChI=1S/C31H39N3O5/c1-30(2,3)21-12-9-19(10-13-21)23-18-24-20(17-25(23)38-7)11-14-22-26(24)33-34(27(22)28(35)36)16-8-15-32-29(37)39-31(4,5)6/h9-10,12-13,17-18H,8,11,14-16H2,1-7H3,(H,32,37)(H,35,36). The van der Waals surface area contributed by atoms with Crippen LogP contribution in [0.3, 0.4) is 0 Å². The molecule has 0 bridgehead atoms. The van der Waals surface area contributed by atoms with Crippen LogP contribution in [0.4, 0.5) is 4.79 Å². The van der Waals surface area contributed by atoms with Crippen LogP contribution in [0.25, 0.3) is 22.4 Å². The number of aromatic carboxylic acids is 1. The molecule has 2 aromatic carbocycles. The first kappa shape index (κ1) is 28.2. The topological polar surface area (TPSA) is 103 Å². The molecule has 4 rings (SSSR count). The third-order valence-electron chi connectivity index (χ3n) is 6.85. The van der Waals surface area contributed by atoms with E-state index in [9.17, 15) is 14.7 Å². The second kappa shape index (κ2) is 10.8. The molecule has 0 radical (unpaired) electrons. The number of carbonyl (C=O) groups is 2. The third kappa shape index (κ3) is 6.27. The summed E-state index contributed by atoms with van der Waals surface area (Å²) in [6.45, 7) is 12.7. The molecule has 0 atom stereocenters. The van der Waals surface area contributed by atoms with Crippen molar-refractivity contribution in [1.29, 1.82) is 0 Å². The van der Waals surface area contributed by atoms with Gasteiger partial charge >= 0.3 is 12.1 Å². The number of nitrogens with one attached hydrogen (secondary N) is 1. The van der Waals surface area contributed by atoms with Gasteiger partial charge in [-0.1, -0.05) is 45.0 Å². The fourth-order valence-electron chi connectivity index (χ4n) is 4.94. The summed E-state index contributed by atoms with van der Waals surface area (Å²) < 4.78 is 12.6. The molecule has 1 heterocycles. The van der Waals surface area contributed by atoms with Crippen molar-refractivity contribution in [2.24, 2.45) is 0 Å². The highest BCUT2D eigenvalue weighted by atomic mass is 16.6. The normalized spacial score (nSPS) is 12.9. The minimum atomic E-state index is -1.00. The van der Waals surface area contributed by atoms with Crippen molar-refractivity contribution in [2.45, 2.75) is 78.4 Å². The van der Waals surface area contributed by atoms with E-state index in [2.05, 4.69) is 62.5 Å². The molecule has 1 amide bonds. The second-order valence-corrected chi connectivity index (χ2v) is 12.0. The molecule has 208 valence electrons. The van der Waals surface area contributed by atoms with Crippen LogP contribution in [0.2, 0.25) is 0 Å². The molecule has 0 fully saturated rings. The summed E-state index contributed by atoms with van der Waals surface area (Å²) in [5, 5.41) is 17.6. The minimum absolute atomic E-state index is 0.0514. The maximum atomic E-state index is 12.3. The number of carboxylic acid groups (broad SMARTS) is 1. The predicted molar refractivity (Wildman–Crippen MR) is 152 cm³/mol. The first-order chi connectivity index (χ1) is 18.3. The molecule has 0 saturated heterocycles. The van der Waals surface area contributed by atoms with Gasteiger partial charge in [-0.05, 0) is 74.3 Å². The van der Waals surface area contributed by atoms with Gasteiger partial charge in [0.2, 0.25) is 0 Å². The Morgan fingerprint density at radius 1 is 1.03 bits per heavy atom. The Balaban J connectivity index is 1.64. The van der Waals surface area contributed by atoms with Crippen molar-refractivity contribution >= 4 is 12.1 Å². The Labute approximate surface area is 230 Å². The number of alkyl carbamates (subject to hydrolysis) is 1. The van der Waals surface area contributed by atoms with Crippen LogP contribution in [-0.2, 0) is 29.5 Å². The van der Waals surface area contributed by atoms with Crippen molar-refractivity contribution in [3.05, 3.63) is 58.8 Å². The highest BCUT2D eigenvalue weighted by molar-refractivity contribution is 5.92. The SMILES string of the molecule is COc1cc2c(cc1-c1ccc(C(C)(C)C)cc1)-c1nn(CCCNC(=O)OC(C)(C)C)c(C(=O)O)c1CC2. The molecule has 1 aromatic heterocycles. The zero-order valence-electron chi connectivity index (χ0n) is 24.0. The summed E-state index contributed by atoms with van der Waals surface area (Å²) in [6.07, 6.45) is 1.31. The zero-order chi connectivity index (χ0) is 28.5. The summed E-state index contributed by atoms with van der Waals surface area (Å²) in [5.74, 6) is -0.217. The highest BCUT2D eigenvalue weighted by Crippen LogP contribution is 2.42. The van der Waals surface area contributed by atoms with Gasteiger partial charge in [-0.3, -0.25) is 4.68 Å². The molecule has 1 aliphatic carbocycles. The molecule has 0 saturated carbocycles. The average Bonchev–Trinajstić information content (AvgIpc) is 3.23. The number of amides is 1. The van der Waals surface area contributed by atoms with Crippen LogP contribution < -0.4 is 10.1 Å². The van der Waals surface area contributed by atoms with Crippen molar-refractivity contribution in [3.8, 4) is 28.1 Å². The molecular formula is C31H39N3O5. The van der Waals surface area contributed by atoms with E-state index in [1.165, 1.54) is 5.56 Å². The lowest BCUT2D eigenvalue weighted by atomic mass is 9.84. The number of aromatic nitrogens is 2. The van der Waals surface area contributed by atoms with Gasteiger partial charge in [0.15, 0.2) is 0 Å². The number of aryl methyl sites for hydroxylation is 2. The number of fused-ring (bicyclic) bond motifs is 3. The minimum Gasteiger partial charge on any atom is -0.496 e. The van der Waals surface area contributed by atoms with E-state index in [-0.39, 0.29) is 11.1 Å². The summed E-state index contributed by atoms with van der Waals surface area (Å²) in [4.78, 5) is 24.2. The second-order valence-electron chi connectivity index (χ2n) is 12.0. The predicted octanol–water partition coefficient (Wildman–Crippen LogP) is 6.23. The summed E-state index contributed by atoms with van der Waals surface area (Å²) >= 11 is 0. The smallest absolute Gasteiger partial charge is 0.407 e. The van der Waals surface area contributed by atoms with Gasteiger partial charge < -0.3 is 19.9 Å². The van der Waals surface area contributed by atoms with Gasteiger partial charge in [-0.15, -0.1) is 0 Å². The van der Waals surface area contributed by atoms with Gasteiger partial charge in [0.25, 0.3) is 0 Å². The zero-order valence-corrected chi connectivity index (χ0v) is 24.0. The van der Waals surface area contributed by atoms with E-state index in [1.54, 1.807) is 32.6 Å². The van der Waals surface area contributed by atoms with Crippen LogP contribution >= 0.6 is 0 Å². The highest BCUT2D eigenvalue weighted by Gasteiger charge is 2.29. The number of benzene rings is 2. The summed E-state index contributed by atoms with van der Waals surface area (Å²) in [6, 6.07) is 12.6. The molecule has 1 aliphatic rings. The Hall–Kier alpha value is -3.81. The molecular weight excluding hydrogens is 494 g/mol. The fourth-order valence-corrected chi connectivity index (χ4v) is 4.94. The van der Waals surface area contributed by atoms with Gasteiger partial charge in [0, 0.05) is 29.8 Å². The number of nitrogens with zero attached hydrogens (tertiary/aromatic N) is 2. The summed E-state index contributed by atoms with van der Waals surface area (Å²) in [5.41, 5.74) is 6.36. The van der Waals surface area contributed by atoms with Crippen molar-refractivity contribution < 1.29 is 24.2 Å². The van der Waals surface area contributed by atoms with E-state index in [4.69, 9.17) is 14.6 Å². The number of hydrogen-bond acceptors (Lipinski definition) is 5. The molecule has 0 unspecified atom stereocenters. The average molecular weight is 534 g/mol. The third-order valence-corrected chi connectivity index (χ3v) is 6.85. The fraction of sp³-hybridized carbons (Fsp3) is 0.452. The van der Waals surface area contributed by atoms with Crippen molar-refractivity contribution in [3.63, 3.8) is 0 Å². The molecule has 0 spiro atoms. The van der Waals surface area contributed by atoms with E-state index < -0.39 is 17.7 Å². The number of rotatable bonds is 7. The van der Waals surface area contributed by atoms with Gasteiger partial charge in [-0.2, -0.15) is 5.10 Å². The number of hydrogen-bond donors (Lipinski definition) is 2. The van der Waals surface area contributed by atoms with Crippen LogP contribution in [0, 0.1) is 0 Å². The van der Waals surface area contributed by atoms with Crippen LogP contribution in [0.1, 0.15) is 75.1 Å². The monoisotopic (exact) mass is 533 g/mol. The van der Waals surface area contributed by atoms with Gasteiger partial charge in [0.1, 0.15) is 17.0 Å². The lowest BCUT2D eigenvalue weighted by Gasteiger charge is -2.21. The number of ether oxygens (including phenoxy) is 2. The molecule has 8 heteroatoms. The molecule has 2 N–H and O–H groups in total. The number of carbonyl (C=O) groups excluding carboxylic acids is 1. The Kier molecular flexibility index (Phi) is 7.77. The first-order valence-electron chi connectivity index (χ1n) is 13.4. The van der Waals surface area contributed by atoms with E-state index in [0.717, 1.165) is 33.6 Å². The molecule has 0 aliphatic heterocycles. The van der Waals surface area contributed by atoms with E-state index in [1.807, 2.05) is 0 Å². The van der Waals surface area contributed by atoms with Gasteiger partial charge in [-0.25, -0.2) is 9.59 Å². The van der Waals surface area contributed by atoms with Crippen LogP contribution in [0.15, 0.2) is 36.4 Å². The lowest BCUT2D eigenvalue weighted by Crippen LogP contribution is -2.33. The molecule has 3 aromatic rings. The Morgan fingerprint density at radius 3 is 2.31 bits per heavy atom. The van der Waals surface area contributed by atoms with Crippen LogP contribution in [-0.4, -0.2) is 46.2 Å². The summed E-state index contributed by atoms with van der Waals surface area (Å²) in [7, 11) is 1.67. The number of carboxylic acids is 1. The molecule has 39 heavy (non-hydrogen) atoms. The van der Waals surface area contributed by atoms with Crippen molar-refractivity contribution in [1.82, 2.24) is 15.1 Å². The maximum absolute atomic E-state index is 12.3. The first-order valence-corrected chi connectivity index (χ1v) is 13.4. The Morgan fingerprint density at radius 2 is 1.72 bits per heavy atom. The number of methoxy groups -OCH3 is 1. The van der Waals surface area contributed by atoms with Crippen molar-refractivity contribution in [2.75, 3.05) is 13.7 Å². The molecule has 8 nitrogen and oxygen atoms in total. The van der Waals surface area contributed by atoms with E-state index in [0.29, 0.717) is 38.0 Å². The van der Waals surface area contributed by atoms with Crippen LogP contribution in [0.5, 0.6) is 5.75 Å². The lowest BCUT2D eigenvalue weighted by molar-refractivity contribution is 0.0524. The maximum Gasteiger partial charge on any atom is 0.407 e.